The zero-order chi connectivity index (χ0) is 10.8. The van der Waals surface area contributed by atoms with Crippen LogP contribution in [0, 0.1) is 5.92 Å². The second-order valence-electron chi connectivity index (χ2n) is 4.37. The minimum Gasteiger partial charge on any atom is -0.319 e. The Kier molecular flexibility index (Phi) is 3.94. The highest BCUT2D eigenvalue weighted by atomic mass is 15.1. The molecule has 0 saturated carbocycles. The van der Waals surface area contributed by atoms with Crippen LogP contribution in [0.3, 0.4) is 0 Å². The predicted molar refractivity (Wildman–Crippen MR) is 63.7 cm³/mol. The molecule has 1 rings (SSSR count). The molecule has 1 nitrogen and oxygen atoms in total. The number of hydrogen-bond acceptors (Lipinski definition) is 1. The summed E-state index contributed by atoms with van der Waals surface area (Å²) < 4.78 is 0. The lowest BCUT2D eigenvalue weighted by atomic mass is 9.48. The van der Waals surface area contributed by atoms with Crippen LogP contribution in [0.5, 0.6) is 0 Å². The van der Waals surface area contributed by atoms with Gasteiger partial charge in [-0.05, 0) is 25.3 Å². The molecule has 0 aliphatic carbocycles. The van der Waals surface area contributed by atoms with Crippen molar-refractivity contribution in [1.29, 1.82) is 0 Å². The van der Waals surface area contributed by atoms with Gasteiger partial charge in [-0.15, -0.1) is 0 Å². The minimum atomic E-state index is -1.18. The van der Waals surface area contributed by atoms with Crippen molar-refractivity contribution in [1.82, 2.24) is 4.90 Å². The third-order valence-electron chi connectivity index (χ3n) is 2.76. The molecule has 0 N–H and O–H groups in total. The summed E-state index contributed by atoms with van der Waals surface area (Å²) in [6, 6.07) is 0. The summed E-state index contributed by atoms with van der Waals surface area (Å²) in [5.41, 5.74) is 1.48. The Hall–Kier alpha value is -0.105. The number of hydrogen-bond donors (Lipinski definition) is 0. The van der Waals surface area contributed by atoms with E-state index in [4.69, 9.17) is 23.5 Å². The molecule has 0 aromatic heterocycles. The number of rotatable bonds is 2. The van der Waals surface area contributed by atoms with Crippen LogP contribution in [0.25, 0.3) is 0 Å². The molecule has 1 heterocycles. The first-order valence-corrected chi connectivity index (χ1v) is 5.22. The SMILES string of the molecule is [B]C([B])([B])N1CC=C(C(C)C)CCC1. The van der Waals surface area contributed by atoms with Crippen molar-refractivity contribution in [3.05, 3.63) is 11.6 Å². The van der Waals surface area contributed by atoms with Crippen molar-refractivity contribution >= 4 is 23.5 Å². The van der Waals surface area contributed by atoms with Crippen molar-refractivity contribution < 1.29 is 0 Å². The monoisotopic (exact) mass is 183 g/mol. The van der Waals surface area contributed by atoms with Gasteiger partial charge in [-0.3, -0.25) is 0 Å². The van der Waals surface area contributed by atoms with E-state index in [2.05, 4.69) is 19.9 Å². The van der Waals surface area contributed by atoms with Gasteiger partial charge in [0.25, 0.3) is 0 Å². The van der Waals surface area contributed by atoms with Gasteiger partial charge in [0.1, 0.15) is 0 Å². The Morgan fingerprint density at radius 2 is 2.00 bits per heavy atom. The van der Waals surface area contributed by atoms with E-state index in [1.807, 2.05) is 4.90 Å². The van der Waals surface area contributed by atoms with Crippen molar-refractivity contribution in [2.75, 3.05) is 13.1 Å². The van der Waals surface area contributed by atoms with Gasteiger partial charge < -0.3 is 4.90 Å². The summed E-state index contributed by atoms with van der Waals surface area (Å²) in [7, 11) is 17.0. The summed E-state index contributed by atoms with van der Waals surface area (Å²) in [5.74, 6) is 0.609. The third-order valence-corrected chi connectivity index (χ3v) is 2.76. The van der Waals surface area contributed by atoms with E-state index in [0.717, 1.165) is 25.9 Å². The zero-order valence-electron chi connectivity index (χ0n) is 9.16. The maximum Gasteiger partial charge on any atom is 0.0698 e. The van der Waals surface area contributed by atoms with Gasteiger partial charge in [0.15, 0.2) is 0 Å². The Bertz CT molecular complexity index is 218. The topological polar surface area (TPSA) is 3.24 Å². The van der Waals surface area contributed by atoms with Crippen LogP contribution in [0.1, 0.15) is 26.7 Å². The third kappa shape index (κ3) is 3.23. The molecule has 70 valence electrons. The van der Waals surface area contributed by atoms with E-state index in [-0.39, 0.29) is 0 Å². The molecule has 0 amide bonds. The second kappa shape index (κ2) is 4.61. The van der Waals surface area contributed by atoms with Crippen molar-refractivity contribution in [2.24, 2.45) is 5.92 Å². The second-order valence-corrected chi connectivity index (χ2v) is 4.37. The first-order valence-electron chi connectivity index (χ1n) is 5.22. The quantitative estimate of drug-likeness (QED) is 0.451. The maximum absolute atomic E-state index is 5.65. The molecule has 0 aromatic rings. The van der Waals surface area contributed by atoms with Gasteiger partial charge in [0.05, 0.1) is 23.5 Å². The fraction of sp³-hybridized carbons (Fsp3) is 0.800. The highest BCUT2D eigenvalue weighted by Gasteiger charge is 2.20. The van der Waals surface area contributed by atoms with Crippen LogP contribution in [0.4, 0.5) is 0 Å². The molecule has 0 saturated heterocycles. The molecule has 6 radical (unpaired) electrons. The Balaban J connectivity index is 2.64. The standard InChI is InChI=1S/C10H16B3N/c1-8(2)9-4-3-6-14(7-5-9)10(11,12)13/h5,8H,3-4,6-7H2,1-2H3. The van der Waals surface area contributed by atoms with E-state index < -0.39 is 5.24 Å². The van der Waals surface area contributed by atoms with Crippen molar-refractivity contribution in [3.63, 3.8) is 0 Å². The minimum absolute atomic E-state index is 0.609. The van der Waals surface area contributed by atoms with Crippen molar-refractivity contribution in [3.8, 4) is 0 Å². The van der Waals surface area contributed by atoms with Crippen LogP contribution in [-0.2, 0) is 0 Å². The Morgan fingerprint density at radius 3 is 2.50 bits per heavy atom. The molecular formula is C10H16B3N. The van der Waals surface area contributed by atoms with Crippen LogP contribution < -0.4 is 0 Å². The predicted octanol–water partition coefficient (Wildman–Crippen LogP) is 0.781. The van der Waals surface area contributed by atoms with Gasteiger partial charge in [-0.25, -0.2) is 0 Å². The first-order chi connectivity index (χ1) is 6.41. The fourth-order valence-corrected chi connectivity index (χ4v) is 1.77. The normalized spacial score (nSPS) is 20.6. The number of nitrogens with zero attached hydrogens (tertiary/aromatic N) is 1. The van der Waals surface area contributed by atoms with Crippen LogP contribution in [0.15, 0.2) is 11.6 Å². The zero-order valence-corrected chi connectivity index (χ0v) is 9.16. The maximum atomic E-state index is 5.65. The summed E-state index contributed by atoms with van der Waals surface area (Å²) in [4.78, 5) is 1.91. The van der Waals surface area contributed by atoms with E-state index in [9.17, 15) is 0 Å². The molecule has 0 fully saturated rings. The van der Waals surface area contributed by atoms with Gasteiger partial charge >= 0.3 is 0 Å². The van der Waals surface area contributed by atoms with Crippen LogP contribution >= 0.6 is 0 Å². The van der Waals surface area contributed by atoms with Gasteiger partial charge in [0, 0.05) is 6.54 Å². The van der Waals surface area contributed by atoms with Crippen LogP contribution in [-0.4, -0.2) is 46.8 Å². The van der Waals surface area contributed by atoms with E-state index in [0.29, 0.717) is 5.92 Å². The van der Waals surface area contributed by atoms with Gasteiger partial charge in [0.2, 0.25) is 0 Å². The smallest absolute Gasteiger partial charge is 0.0698 e. The molecule has 0 atom stereocenters. The van der Waals surface area contributed by atoms with Gasteiger partial charge in [-0.1, -0.05) is 30.7 Å². The average Bonchev–Trinajstić information content (AvgIpc) is 2.26. The summed E-state index contributed by atoms with van der Waals surface area (Å²) >= 11 is 0. The largest absolute Gasteiger partial charge is 0.319 e. The van der Waals surface area contributed by atoms with Crippen molar-refractivity contribution in [2.45, 2.75) is 31.9 Å². The highest BCUT2D eigenvalue weighted by molar-refractivity contribution is 6.59. The lowest BCUT2D eigenvalue weighted by molar-refractivity contribution is 0.305. The van der Waals surface area contributed by atoms with Gasteiger partial charge in [-0.2, -0.15) is 0 Å². The molecule has 14 heavy (non-hydrogen) atoms. The summed E-state index contributed by atoms with van der Waals surface area (Å²) in [6.45, 7) is 6.05. The molecule has 1 aliphatic rings. The molecule has 0 spiro atoms. The lowest BCUT2D eigenvalue weighted by Crippen LogP contribution is -2.50. The molecular weight excluding hydrogens is 167 g/mol. The fourth-order valence-electron chi connectivity index (χ4n) is 1.77. The average molecular weight is 183 g/mol. The molecule has 0 unspecified atom stereocenters. The van der Waals surface area contributed by atoms with E-state index in [1.54, 1.807) is 0 Å². The highest BCUT2D eigenvalue weighted by Crippen LogP contribution is 2.20. The Labute approximate surface area is 91.5 Å². The molecule has 4 heteroatoms. The molecule has 1 aliphatic heterocycles. The first kappa shape index (κ1) is 12.0. The molecule has 0 bridgehead atoms. The van der Waals surface area contributed by atoms with E-state index >= 15 is 0 Å². The molecule has 0 aromatic carbocycles. The Morgan fingerprint density at radius 1 is 1.36 bits per heavy atom. The summed E-state index contributed by atoms with van der Waals surface area (Å²) in [6.07, 6.45) is 4.42. The number of allylic oxidation sites excluding steroid dienone is 1. The summed E-state index contributed by atoms with van der Waals surface area (Å²) in [5, 5.41) is -1.18. The van der Waals surface area contributed by atoms with Crippen LogP contribution in [0.2, 0.25) is 0 Å². The van der Waals surface area contributed by atoms with E-state index in [1.165, 1.54) is 5.57 Å². The lowest BCUT2D eigenvalue weighted by Gasteiger charge is -2.35.